The smallest absolute Gasteiger partial charge is 0.275 e. The van der Waals surface area contributed by atoms with Crippen LogP contribution in [0, 0.1) is 24.6 Å². The molecule has 2 aromatic rings. The first kappa shape index (κ1) is 20.5. The predicted octanol–water partition coefficient (Wildman–Crippen LogP) is 4.85. The summed E-state index contributed by atoms with van der Waals surface area (Å²) in [4.78, 5) is 29.3. The van der Waals surface area contributed by atoms with Crippen LogP contribution in [-0.2, 0) is 4.79 Å². The Morgan fingerprint density at radius 3 is 2.71 bits per heavy atom. The third-order valence-electron chi connectivity index (χ3n) is 4.92. The Labute approximate surface area is 168 Å². The largest absolute Gasteiger partial charge is 0.347 e. The van der Waals surface area contributed by atoms with Crippen molar-refractivity contribution < 1.29 is 14.0 Å². The van der Waals surface area contributed by atoms with Gasteiger partial charge in [0.2, 0.25) is 5.91 Å². The van der Waals surface area contributed by atoms with Crippen molar-refractivity contribution in [3.63, 3.8) is 0 Å². The number of aromatic nitrogens is 1. The summed E-state index contributed by atoms with van der Waals surface area (Å²) in [6.45, 7) is 6.01. The maximum absolute atomic E-state index is 13.9. The highest BCUT2D eigenvalue weighted by Crippen LogP contribution is 2.30. The quantitative estimate of drug-likeness (QED) is 0.694. The van der Waals surface area contributed by atoms with Gasteiger partial charge in [-0.15, -0.1) is 11.3 Å². The number of amides is 2. The van der Waals surface area contributed by atoms with Gasteiger partial charge in [0, 0.05) is 11.3 Å². The van der Waals surface area contributed by atoms with E-state index in [-0.39, 0.29) is 29.2 Å². The first-order valence-corrected chi connectivity index (χ1v) is 10.5. The van der Waals surface area contributed by atoms with Gasteiger partial charge in [0.05, 0.1) is 11.7 Å². The number of nitrogens with zero attached hydrogens (tertiary/aromatic N) is 1. The molecule has 150 valence electrons. The molecule has 0 aliphatic heterocycles. The van der Waals surface area contributed by atoms with E-state index in [0.29, 0.717) is 10.9 Å². The number of thiazole rings is 1. The fourth-order valence-corrected chi connectivity index (χ4v) is 3.99. The van der Waals surface area contributed by atoms with Gasteiger partial charge in [-0.05, 0) is 49.8 Å². The van der Waals surface area contributed by atoms with Gasteiger partial charge in [0.25, 0.3) is 5.91 Å². The van der Waals surface area contributed by atoms with Gasteiger partial charge < -0.3 is 10.6 Å². The number of carbonyl (C=O) groups excluding carboxylic acids is 2. The van der Waals surface area contributed by atoms with Crippen LogP contribution in [0.2, 0.25) is 0 Å². The number of benzene rings is 1. The average Bonchev–Trinajstić information content (AvgIpc) is 3.05. The van der Waals surface area contributed by atoms with Crippen molar-refractivity contribution in [1.29, 1.82) is 0 Å². The summed E-state index contributed by atoms with van der Waals surface area (Å²) < 4.78 is 13.9. The minimum Gasteiger partial charge on any atom is -0.347 e. The lowest BCUT2D eigenvalue weighted by Crippen LogP contribution is -2.37. The predicted molar refractivity (Wildman–Crippen MR) is 109 cm³/mol. The van der Waals surface area contributed by atoms with E-state index in [1.54, 1.807) is 17.5 Å². The number of hydrogen-bond acceptors (Lipinski definition) is 4. The zero-order chi connectivity index (χ0) is 20.3. The van der Waals surface area contributed by atoms with Crippen LogP contribution in [0.15, 0.2) is 23.6 Å². The molecule has 1 aromatic heterocycles. The topological polar surface area (TPSA) is 71.1 Å². The van der Waals surface area contributed by atoms with E-state index < -0.39 is 11.7 Å². The molecule has 5 nitrogen and oxygen atoms in total. The van der Waals surface area contributed by atoms with Crippen molar-refractivity contribution >= 4 is 28.8 Å². The second-order valence-corrected chi connectivity index (χ2v) is 8.72. The van der Waals surface area contributed by atoms with E-state index >= 15 is 0 Å². The molecule has 1 atom stereocenters. The minimum atomic E-state index is -0.486. The molecule has 0 radical (unpaired) electrons. The lowest BCUT2D eigenvalue weighted by Gasteiger charge is -2.27. The molecule has 28 heavy (non-hydrogen) atoms. The monoisotopic (exact) mass is 403 g/mol. The molecule has 2 N–H and O–H groups in total. The summed E-state index contributed by atoms with van der Waals surface area (Å²) in [5.41, 5.74) is 1.22. The van der Waals surface area contributed by atoms with Crippen molar-refractivity contribution in [2.45, 2.75) is 52.5 Å². The third-order valence-corrected chi connectivity index (χ3v) is 5.88. The van der Waals surface area contributed by atoms with Crippen LogP contribution in [0.4, 0.5) is 10.1 Å². The first-order valence-electron chi connectivity index (χ1n) is 9.66. The van der Waals surface area contributed by atoms with E-state index in [0.717, 1.165) is 31.2 Å². The highest BCUT2D eigenvalue weighted by atomic mass is 32.1. The van der Waals surface area contributed by atoms with Crippen LogP contribution in [0.5, 0.6) is 0 Å². The summed E-state index contributed by atoms with van der Waals surface area (Å²) >= 11 is 1.34. The Morgan fingerprint density at radius 2 is 2.07 bits per heavy atom. The van der Waals surface area contributed by atoms with Gasteiger partial charge in [0.15, 0.2) is 0 Å². The number of carbonyl (C=O) groups is 2. The van der Waals surface area contributed by atoms with Crippen molar-refractivity contribution in [1.82, 2.24) is 10.3 Å². The van der Waals surface area contributed by atoms with Crippen LogP contribution in [0.1, 0.15) is 66.6 Å². The second-order valence-electron chi connectivity index (χ2n) is 7.83. The Hall–Kier alpha value is -2.28. The highest BCUT2D eigenvalue weighted by molar-refractivity contribution is 7.10. The van der Waals surface area contributed by atoms with Gasteiger partial charge in [-0.25, -0.2) is 9.37 Å². The number of anilines is 1. The molecular formula is C21H26FN3O2S. The van der Waals surface area contributed by atoms with Gasteiger partial charge in [-0.2, -0.15) is 0 Å². The van der Waals surface area contributed by atoms with E-state index in [9.17, 15) is 14.0 Å². The van der Waals surface area contributed by atoms with Crippen molar-refractivity contribution in [3.05, 3.63) is 45.7 Å². The van der Waals surface area contributed by atoms with Crippen molar-refractivity contribution in [2.75, 3.05) is 5.32 Å². The molecule has 7 heteroatoms. The summed E-state index contributed by atoms with van der Waals surface area (Å²) in [7, 11) is 0. The molecule has 3 rings (SSSR count). The molecule has 2 amide bonds. The molecule has 1 heterocycles. The maximum Gasteiger partial charge on any atom is 0.275 e. The average molecular weight is 404 g/mol. The van der Waals surface area contributed by atoms with Gasteiger partial charge in [-0.3, -0.25) is 9.59 Å². The number of rotatable bonds is 7. The molecular weight excluding hydrogens is 377 g/mol. The summed E-state index contributed by atoms with van der Waals surface area (Å²) in [6.07, 6.45) is 3.73. The number of halogens is 1. The minimum absolute atomic E-state index is 0.0694. The van der Waals surface area contributed by atoms with E-state index in [1.807, 2.05) is 6.92 Å². The zero-order valence-corrected chi connectivity index (χ0v) is 17.2. The second kappa shape index (κ2) is 8.82. The Bertz CT molecular complexity index is 861. The fraction of sp³-hybridized carbons (Fsp3) is 0.476. The van der Waals surface area contributed by atoms with Crippen LogP contribution < -0.4 is 10.6 Å². The van der Waals surface area contributed by atoms with Crippen molar-refractivity contribution in [3.8, 4) is 0 Å². The molecule has 1 saturated carbocycles. The zero-order valence-electron chi connectivity index (χ0n) is 16.4. The molecule has 1 aliphatic carbocycles. The van der Waals surface area contributed by atoms with Gasteiger partial charge >= 0.3 is 0 Å². The van der Waals surface area contributed by atoms with E-state index in [2.05, 4.69) is 29.5 Å². The molecule has 0 spiro atoms. The van der Waals surface area contributed by atoms with Gasteiger partial charge in [-0.1, -0.05) is 26.3 Å². The summed E-state index contributed by atoms with van der Waals surface area (Å²) in [6, 6.07) is 4.34. The molecule has 1 aliphatic rings. The molecule has 1 aromatic carbocycles. The highest BCUT2D eigenvalue weighted by Gasteiger charge is 2.29. The first-order chi connectivity index (χ1) is 13.3. The normalized spacial score (nSPS) is 15.2. The summed E-state index contributed by atoms with van der Waals surface area (Å²) in [5, 5.41) is 8.04. The third kappa shape index (κ3) is 4.95. The Kier molecular flexibility index (Phi) is 6.44. The molecule has 0 bridgehead atoms. The Balaban J connectivity index is 1.72. The fourth-order valence-electron chi connectivity index (χ4n) is 3.13. The number of aryl methyl sites for hydroxylation is 1. The SMILES string of the molecule is Cc1ccc(F)c(NC(=O)c2csc([C@H](CC(C)C)NC(=O)C3CCC3)n2)c1. The number of hydrogen-bond donors (Lipinski definition) is 2. The Morgan fingerprint density at radius 1 is 1.32 bits per heavy atom. The summed E-state index contributed by atoms with van der Waals surface area (Å²) in [5.74, 6) is -0.406. The molecule has 0 unspecified atom stereocenters. The van der Waals surface area contributed by atoms with Crippen molar-refractivity contribution in [2.24, 2.45) is 11.8 Å². The van der Waals surface area contributed by atoms with E-state index in [4.69, 9.17) is 0 Å². The van der Waals surface area contributed by atoms with Crippen LogP contribution >= 0.6 is 11.3 Å². The molecule has 0 saturated heterocycles. The molecule has 1 fully saturated rings. The van der Waals surface area contributed by atoms with Crippen LogP contribution in [0.25, 0.3) is 0 Å². The van der Waals surface area contributed by atoms with Crippen LogP contribution in [-0.4, -0.2) is 16.8 Å². The van der Waals surface area contributed by atoms with E-state index in [1.165, 1.54) is 17.4 Å². The van der Waals surface area contributed by atoms with Gasteiger partial charge in [0.1, 0.15) is 16.5 Å². The standard InChI is InChI=1S/C21H26FN3O2S/c1-12(2)9-17(24-19(26)14-5-4-6-14)21-25-18(11-28-21)20(27)23-16-10-13(3)7-8-15(16)22/h7-8,10-12,14,17H,4-6,9H2,1-3H3,(H,23,27)(H,24,26)/t17-/m0/s1. The lowest BCUT2D eigenvalue weighted by molar-refractivity contribution is -0.128. The lowest BCUT2D eigenvalue weighted by atomic mass is 9.84. The number of nitrogens with one attached hydrogen (secondary N) is 2. The van der Waals surface area contributed by atoms with Crippen LogP contribution in [0.3, 0.4) is 0 Å². The maximum atomic E-state index is 13.9.